The van der Waals surface area contributed by atoms with Gasteiger partial charge >= 0.3 is 6.09 Å². The minimum absolute atomic E-state index is 0.113. The lowest BCUT2D eigenvalue weighted by atomic mass is 10.2. The van der Waals surface area contributed by atoms with Gasteiger partial charge in [-0.05, 0) is 12.8 Å². The van der Waals surface area contributed by atoms with E-state index in [-0.39, 0.29) is 19.0 Å². The molecule has 0 aliphatic carbocycles. The fourth-order valence-electron chi connectivity index (χ4n) is 2.37. The van der Waals surface area contributed by atoms with E-state index in [9.17, 15) is 4.79 Å². The predicted molar refractivity (Wildman–Crippen MR) is 85.7 cm³/mol. The molecule has 2 aliphatic rings. The first-order valence-electron chi connectivity index (χ1n) is 7.24. The Bertz CT molecular complexity index is 690. The van der Waals surface area contributed by atoms with Gasteiger partial charge in [-0.2, -0.15) is 0 Å². The molecule has 1 fully saturated rings. The van der Waals surface area contributed by atoms with Crippen LogP contribution in [0.2, 0.25) is 5.02 Å². The smallest absolute Gasteiger partial charge is 0.415 e. The van der Waals surface area contributed by atoms with Gasteiger partial charge in [0.25, 0.3) is 0 Å². The molecule has 1 aromatic rings. The molecule has 0 saturated carbocycles. The third-order valence-corrected chi connectivity index (χ3v) is 3.79. The Kier molecular flexibility index (Phi) is 4.58. The molecule has 0 bridgehead atoms. The molecule has 1 saturated heterocycles. The number of fused-ring (bicyclic) bond motifs is 1. The van der Waals surface area contributed by atoms with E-state index < -0.39 is 6.09 Å². The van der Waals surface area contributed by atoms with Crippen LogP contribution in [-0.4, -0.2) is 43.2 Å². The van der Waals surface area contributed by atoms with Crippen LogP contribution in [0.5, 0.6) is 11.5 Å². The quantitative estimate of drug-likeness (QED) is 0.780. The third kappa shape index (κ3) is 3.51. The molecule has 0 atom stereocenters. The van der Waals surface area contributed by atoms with Crippen molar-refractivity contribution >= 4 is 29.3 Å². The number of benzene rings is 1. The van der Waals surface area contributed by atoms with E-state index in [1.165, 1.54) is 0 Å². The number of hydrogen-bond donors (Lipinski definition) is 0. The highest BCUT2D eigenvalue weighted by Gasteiger charge is 2.23. The number of ether oxygens (including phenoxy) is 3. The van der Waals surface area contributed by atoms with Gasteiger partial charge in [0, 0.05) is 25.2 Å². The molecular weight excluding hydrogens is 320 g/mol. The Morgan fingerprint density at radius 2 is 2.22 bits per heavy atom. The Labute approximate surface area is 139 Å². The highest BCUT2D eigenvalue weighted by atomic mass is 35.5. The van der Waals surface area contributed by atoms with Crippen LogP contribution in [0.4, 0.5) is 10.5 Å². The van der Waals surface area contributed by atoms with Crippen LogP contribution in [0.1, 0.15) is 12.8 Å². The summed E-state index contributed by atoms with van der Waals surface area (Å²) in [6, 6.07) is 3.13. The van der Waals surface area contributed by atoms with Crippen molar-refractivity contribution in [1.82, 2.24) is 4.90 Å². The number of terminal acetylenes is 1. The minimum Gasteiger partial charge on any atom is -0.482 e. The number of rotatable bonds is 2. The van der Waals surface area contributed by atoms with Gasteiger partial charge in [0.1, 0.15) is 18.0 Å². The molecule has 2 aliphatic heterocycles. The second kappa shape index (κ2) is 6.80. The maximum atomic E-state index is 12.1. The zero-order valence-electron chi connectivity index (χ0n) is 12.4. The van der Waals surface area contributed by atoms with Crippen LogP contribution in [0.3, 0.4) is 0 Å². The molecule has 1 amide bonds. The second-order valence-corrected chi connectivity index (χ2v) is 5.51. The highest BCUT2D eigenvalue weighted by Crippen LogP contribution is 2.39. The van der Waals surface area contributed by atoms with Crippen molar-refractivity contribution in [2.75, 3.05) is 26.3 Å². The van der Waals surface area contributed by atoms with Crippen molar-refractivity contribution < 1.29 is 19.0 Å². The fourth-order valence-corrected chi connectivity index (χ4v) is 2.56. The zero-order valence-corrected chi connectivity index (χ0v) is 13.1. The number of carbonyl (C=O) groups is 1. The Hall–Kier alpha value is -2.39. The van der Waals surface area contributed by atoms with Gasteiger partial charge < -0.3 is 19.1 Å². The van der Waals surface area contributed by atoms with E-state index in [1.54, 1.807) is 17.0 Å². The van der Waals surface area contributed by atoms with Crippen molar-refractivity contribution in [3.05, 3.63) is 17.2 Å². The fraction of sp³-hybridized carbons (Fsp3) is 0.375. The van der Waals surface area contributed by atoms with E-state index in [1.807, 2.05) is 0 Å². The number of hydrogen-bond acceptors (Lipinski definition) is 5. The molecule has 23 heavy (non-hydrogen) atoms. The SMILES string of the molecule is C#CCOC1=Nc2cc(OC(=O)N3CCCC3)c(Cl)cc2OC1. The summed E-state index contributed by atoms with van der Waals surface area (Å²) in [5, 5.41) is 0.291. The Balaban J connectivity index is 1.79. The first-order valence-corrected chi connectivity index (χ1v) is 7.62. The zero-order chi connectivity index (χ0) is 16.2. The van der Waals surface area contributed by atoms with E-state index in [4.69, 9.17) is 32.2 Å². The average molecular weight is 335 g/mol. The van der Waals surface area contributed by atoms with Gasteiger partial charge in [-0.25, -0.2) is 9.79 Å². The molecule has 120 valence electrons. The summed E-state index contributed by atoms with van der Waals surface area (Å²) in [6.45, 7) is 1.69. The maximum Gasteiger partial charge on any atom is 0.415 e. The van der Waals surface area contributed by atoms with Crippen molar-refractivity contribution in [1.29, 1.82) is 0 Å². The lowest BCUT2D eigenvalue weighted by molar-refractivity contribution is 0.163. The van der Waals surface area contributed by atoms with E-state index in [0.29, 0.717) is 35.4 Å². The summed E-state index contributed by atoms with van der Waals surface area (Å²) in [7, 11) is 0. The number of carbonyl (C=O) groups excluding carboxylic acids is 1. The van der Waals surface area contributed by atoms with Crippen molar-refractivity contribution in [2.45, 2.75) is 12.8 Å². The number of halogens is 1. The number of likely N-dealkylation sites (tertiary alicyclic amines) is 1. The molecule has 3 rings (SSSR count). The summed E-state index contributed by atoms with van der Waals surface area (Å²) in [6.07, 6.45) is 6.71. The second-order valence-electron chi connectivity index (χ2n) is 5.10. The summed E-state index contributed by atoms with van der Waals surface area (Å²) in [5.74, 6) is 3.48. The molecule has 1 aromatic carbocycles. The highest BCUT2D eigenvalue weighted by molar-refractivity contribution is 6.32. The summed E-state index contributed by atoms with van der Waals surface area (Å²) in [4.78, 5) is 18.0. The molecule has 0 radical (unpaired) electrons. The standard InChI is InChI=1S/C16H15ClN2O4/c1-2-7-21-15-10-22-14-8-11(17)13(9-12(14)18-15)23-16(20)19-5-3-4-6-19/h1,8-9H,3-7,10H2. The molecule has 0 aromatic heterocycles. The van der Waals surface area contributed by atoms with Crippen LogP contribution in [0.15, 0.2) is 17.1 Å². The lowest BCUT2D eigenvalue weighted by Crippen LogP contribution is -2.30. The lowest BCUT2D eigenvalue weighted by Gasteiger charge is -2.19. The van der Waals surface area contributed by atoms with E-state index in [2.05, 4.69) is 10.9 Å². The molecule has 6 nitrogen and oxygen atoms in total. The van der Waals surface area contributed by atoms with Gasteiger partial charge in [-0.3, -0.25) is 0 Å². The number of aliphatic imine (C=N–C) groups is 1. The molecule has 2 heterocycles. The monoisotopic (exact) mass is 334 g/mol. The molecule has 0 unspecified atom stereocenters. The third-order valence-electron chi connectivity index (χ3n) is 3.49. The summed E-state index contributed by atoms with van der Waals surface area (Å²) >= 11 is 6.15. The van der Waals surface area contributed by atoms with Crippen LogP contribution in [0, 0.1) is 12.3 Å². The largest absolute Gasteiger partial charge is 0.482 e. The van der Waals surface area contributed by atoms with Crippen molar-refractivity contribution in [3.63, 3.8) is 0 Å². The van der Waals surface area contributed by atoms with Crippen LogP contribution < -0.4 is 9.47 Å². The van der Waals surface area contributed by atoms with Crippen LogP contribution in [0.25, 0.3) is 0 Å². The van der Waals surface area contributed by atoms with Gasteiger partial charge in [0.2, 0.25) is 5.90 Å². The first kappa shape index (κ1) is 15.5. The van der Waals surface area contributed by atoms with Gasteiger partial charge in [0.05, 0.1) is 5.02 Å². The topological polar surface area (TPSA) is 60.4 Å². The van der Waals surface area contributed by atoms with Crippen molar-refractivity contribution in [2.24, 2.45) is 4.99 Å². The van der Waals surface area contributed by atoms with Gasteiger partial charge in [0.15, 0.2) is 12.4 Å². The van der Waals surface area contributed by atoms with Crippen molar-refractivity contribution in [3.8, 4) is 23.8 Å². The molecule has 7 heteroatoms. The van der Waals surface area contributed by atoms with Crippen LogP contribution >= 0.6 is 11.6 Å². The predicted octanol–water partition coefficient (Wildman–Crippen LogP) is 3.01. The number of nitrogens with zero attached hydrogens (tertiary/aromatic N) is 2. The molecular formula is C16H15ClN2O4. The Morgan fingerprint density at radius 1 is 1.43 bits per heavy atom. The molecule has 0 N–H and O–H groups in total. The molecule has 0 spiro atoms. The first-order chi connectivity index (χ1) is 11.2. The Morgan fingerprint density at radius 3 is 2.96 bits per heavy atom. The number of amides is 1. The maximum absolute atomic E-state index is 12.1. The summed E-state index contributed by atoms with van der Waals surface area (Å²) in [5.41, 5.74) is 0.483. The minimum atomic E-state index is -0.408. The summed E-state index contributed by atoms with van der Waals surface area (Å²) < 4.78 is 16.1. The van der Waals surface area contributed by atoms with Gasteiger partial charge in [-0.1, -0.05) is 17.5 Å². The van der Waals surface area contributed by atoms with Crippen LogP contribution in [-0.2, 0) is 4.74 Å². The van der Waals surface area contributed by atoms with E-state index >= 15 is 0 Å². The van der Waals surface area contributed by atoms with E-state index in [0.717, 1.165) is 12.8 Å². The van der Waals surface area contributed by atoms with Gasteiger partial charge in [-0.15, -0.1) is 6.42 Å². The average Bonchev–Trinajstić information content (AvgIpc) is 3.08. The normalized spacial score (nSPS) is 16.0.